The Hall–Kier alpha value is -1.63. The molecule has 0 radical (unpaired) electrons. The van der Waals surface area contributed by atoms with Crippen LogP contribution in [0.1, 0.15) is 17.0 Å². The van der Waals surface area contributed by atoms with Gasteiger partial charge in [-0.05, 0) is 38.1 Å². The first-order chi connectivity index (χ1) is 10.8. The van der Waals surface area contributed by atoms with Gasteiger partial charge in [0.25, 0.3) is 0 Å². The van der Waals surface area contributed by atoms with Gasteiger partial charge in [0.1, 0.15) is 0 Å². The molecule has 1 aromatic heterocycles. The highest BCUT2D eigenvalue weighted by molar-refractivity contribution is 7.89. The summed E-state index contributed by atoms with van der Waals surface area (Å²) in [5.41, 5.74) is 2.68. The molecule has 7 heteroatoms. The van der Waals surface area contributed by atoms with Gasteiger partial charge in [0.15, 0.2) is 0 Å². The van der Waals surface area contributed by atoms with Gasteiger partial charge < -0.3 is 0 Å². The molecule has 124 valence electrons. The fourth-order valence-corrected chi connectivity index (χ4v) is 3.62. The minimum atomic E-state index is -3.57. The van der Waals surface area contributed by atoms with E-state index in [-0.39, 0.29) is 11.4 Å². The molecule has 0 amide bonds. The zero-order valence-corrected chi connectivity index (χ0v) is 15.0. The highest BCUT2D eigenvalue weighted by Crippen LogP contribution is 2.21. The molecular weight excluding hydrogens is 334 g/mol. The Balaban J connectivity index is 2.29. The van der Waals surface area contributed by atoms with E-state index in [1.54, 1.807) is 25.3 Å². The molecule has 0 saturated heterocycles. The van der Waals surface area contributed by atoms with Gasteiger partial charge in [-0.25, -0.2) is 8.42 Å². The first-order valence-electron chi connectivity index (χ1n) is 7.13. The lowest BCUT2D eigenvalue weighted by atomic mass is 10.2. The molecule has 0 atom stereocenters. The van der Waals surface area contributed by atoms with Crippen molar-refractivity contribution in [2.24, 2.45) is 0 Å². The molecule has 0 fully saturated rings. The molecule has 2 rings (SSSR count). The number of hydrogen-bond donors (Lipinski definition) is 0. The fraction of sp³-hybridized carbons (Fsp3) is 0.312. The lowest BCUT2D eigenvalue weighted by Crippen LogP contribution is -2.27. The van der Waals surface area contributed by atoms with E-state index in [0.29, 0.717) is 11.6 Å². The van der Waals surface area contributed by atoms with Crippen LogP contribution in [0.4, 0.5) is 0 Å². The molecular formula is C16H20ClN3O2S. The van der Waals surface area contributed by atoms with E-state index >= 15 is 0 Å². The van der Waals surface area contributed by atoms with Crippen molar-refractivity contribution in [2.75, 3.05) is 7.05 Å². The molecule has 0 bridgehead atoms. The molecule has 0 aliphatic carbocycles. The Kier molecular flexibility index (Phi) is 5.29. The van der Waals surface area contributed by atoms with Crippen molar-refractivity contribution in [1.82, 2.24) is 14.1 Å². The van der Waals surface area contributed by atoms with Crippen molar-refractivity contribution in [1.29, 1.82) is 0 Å². The summed E-state index contributed by atoms with van der Waals surface area (Å²) in [6.45, 7) is 8.38. The monoisotopic (exact) mass is 353 g/mol. The summed E-state index contributed by atoms with van der Waals surface area (Å²) in [7, 11) is -2.01. The zero-order chi connectivity index (χ0) is 17.2. The van der Waals surface area contributed by atoms with Crippen LogP contribution < -0.4 is 0 Å². The standard InChI is InChI=1S/C16H20ClN3O2S/c1-5-10-20-13(3)16(12(2)18-20)11-19(4)23(21,22)15-8-6-14(17)7-9-15/h5-9H,1,10-11H2,2-4H3. The molecule has 0 N–H and O–H groups in total. The highest BCUT2D eigenvalue weighted by Gasteiger charge is 2.23. The summed E-state index contributed by atoms with van der Waals surface area (Å²) in [6.07, 6.45) is 1.76. The van der Waals surface area contributed by atoms with Crippen molar-refractivity contribution < 1.29 is 8.42 Å². The number of aromatic nitrogens is 2. The van der Waals surface area contributed by atoms with Gasteiger partial charge in [0.05, 0.1) is 17.1 Å². The van der Waals surface area contributed by atoms with E-state index in [1.807, 2.05) is 18.5 Å². The molecule has 0 saturated carbocycles. The van der Waals surface area contributed by atoms with Crippen molar-refractivity contribution >= 4 is 21.6 Å². The first kappa shape index (κ1) is 17.7. The number of allylic oxidation sites excluding steroid dienone is 1. The molecule has 1 aromatic carbocycles. The van der Waals surface area contributed by atoms with Crippen molar-refractivity contribution in [2.45, 2.75) is 31.8 Å². The van der Waals surface area contributed by atoms with Crippen LogP contribution in [0, 0.1) is 13.8 Å². The Bertz CT molecular complexity index is 811. The van der Waals surface area contributed by atoms with E-state index in [4.69, 9.17) is 11.6 Å². The van der Waals surface area contributed by atoms with E-state index in [9.17, 15) is 8.42 Å². The SMILES string of the molecule is C=CCn1nc(C)c(CN(C)S(=O)(=O)c2ccc(Cl)cc2)c1C. The van der Waals surface area contributed by atoms with Crippen LogP contribution in [0.25, 0.3) is 0 Å². The van der Waals surface area contributed by atoms with Crippen LogP contribution in [0.15, 0.2) is 41.8 Å². The second-order valence-corrected chi connectivity index (χ2v) is 7.82. The van der Waals surface area contributed by atoms with Gasteiger partial charge >= 0.3 is 0 Å². The fourth-order valence-electron chi connectivity index (χ4n) is 2.36. The largest absolute Gasteiger partial charge is 0.265 e. The zero-order valence-electron chi connectivity index (χ0n) is 13.5. The minimum absolute atomic E-state index is 0.221. The van der Waals surface area contributed by atoms with Crippen LogP contribution in [0.3, 0.4) is 0 Å². The lowest BCUT2D eigenvalue weighted by molar-refractivity contribution is 0.465. The van der Waals surface area contributed by atoms with Crippen LogP contribution in [0.5, 0.6) is 0 Å². The lowest BCUT2D eigenvalue weighted by Gasteiger charge is -2.17. The summed E-state index contributed by atoms with van der Waals surface area (Å²) < 4.78 is 28.4. The van der Waals surface area contributed by atoms with Gasteiger partial charge in [-0.2, -0.15) is 9.40 Å². The summed E-state index contributed by atoms with van der Waals surface area (Å²) in [6, 6.07) is 6.16. The summed E-state index contributed by atoms with van der Waals surface area (Å²) in [4.78, 5) is 0.221. The van der Waals surface area contributed by atoms with Gasteiger partial charge in [0, 0.05) is 29.9 Å². The van der Waals surface area contributed by atoms with Gasteiger partial charge in [-0.3, -0.25) is 4.68 Å². The predicted molar refractivity (Wildman–Crippen MR) is 92.0 cm³/mol. The molecule has 0 spiro atoms. The number of aryl methyl sites for hydroxylation is 1. The van der Waals surface area contributed by atoms with E-state index < -0.39 is 10.0 Å². The maximum atomic E-state index is 12.6. The van der Waals surface area contributed by atoms with Crippen molar-refractivity contribution in [3.05, 3.63) is 58.9 Å². The summed E-state index contributed by atoms with van der Waals surface area (Å²) in [5.74, 6) is 0. The van der Waals surface area contributed by atoms with Gasteiger partial charge in [-0.15, -0.1) is 6.58 Å². The summed E-state index contributed by atoms with van der Waals surface area (Å²) >= 11 is 5.82. The molecule has 5 nitrogen and oxygen atoms in total. The van der Waals surface area contributed by atoms with Crippen LogP contribution >= 0.6 is 11.6 Å². The highest BCUT2D eigenvalue weighted by atomic mass is 35.5. The topological polar surface area (TPSA) is 55.2 Å². The Morgan fingerprint density at radius 1 is 1.30 bits per heavy atom. The first-order valence-corrected chi connectivity index (χ1v) is 8.95. The number of rotatable bonds is 6. The van der Waals surface area contributed by atoms with E-state index in [0.717, 1.165) is 17.0 Å². The maximum Gasteiger partial charge on any atom is 0.243 e. The third-order valence-corrected chi connectivity index (χ3v) is 5.81. The second-order valence-electron chi connectivity index (χ2n) is 5.34. The normalized spacial score (nSPS) is 11.9. The number of halogens is 1. The average Bonchev–Trinajstić information content (AvgIpc) is 2.75. The summed E-state index contributed by atoms with van der Waals surface area (Å²) in [5, 5.41) is 4.93. The molecule has 0 aliphatic heterocycles. The average molecular weight is 354 g/mol. The molecule has 1 heterocycles. The minimum Gasteiger partial charge on any atom is -0.265 e. The molecule has 23 heavy (non-hydrogen) atoms. The van der Waals surface area contributed by atoms with Gasteiger partial charge in [0.2, 0.25) is 10.0 Å². The smallest absolute Gasteiger partial charge is 0.243 e. The van der Waals surface area contributed by atoms with Crippen molar-refractivity contribution in [3.8, 4) is 0 Å². The number of nitrogens with zero attached hydrogens (tertiary/aromatic N) is 3. The Morgan fingerprint density at radius 3 is 2.48 bits per heavy atom. The van der Waals surface area contributed by atoms with Crippen LogP contribution in [0.2, 0.25) is 5.02 Å². The molecule has 2 aromatic rings. The number of benzene rings is 1. The van der Waals surface area contributed by atoms with Crippen LogP contribution in [-0.4, -0.2) is 29.6 Å². The van der Waals surface area contributed by atoms with Crippen LogP contribution in [-0.2, 0) is 23.1 Å². The number of sulfonamides is 1. The van der Waals surface area contributed by atoms with Crippen molar-refractivity contribution in [3.63, 3.8) is 0 Å². The second kappa shape index (κ2) is 6.86. The Labute approximate surface area is 142 Å². The molecule has 0 unspecified atom stereocenters. The third-order valence-electron chi connectivity index (χ3n) is 3.74. The predicted octanol–water partition coefficient (Wildman–Crippen LogP) is 3.16. The maximum absolute atomic E-state index is 12.6. The van der Waals surface area contributed by atoms with E-state index in [1.165, 1.54) is 16.4 Å². The van der Waals surface area contributed by atoms with Gasteiger partial charge in [-0.1, -0.05) is 17.7 Å². The molecule has 0 aliphatic rings. The van der Waals surface area contributed by atoms with E-state index in [2.05, 4.69) is 11.7 Å². The number of hydrogen-bond acceptors (Lipinski definition) is 3. The third kappa shape index (κ3) is 3.65. The quantitative estimate of drug-likeness (QED) is 0.749. The Morgan fingerprint density at radius 2 is 1.91 bits per heavy atom.